The van der Waals surface area contributed by atoms with Crippen LogP contribution in [-0.2, 0) is 13.0 Å². The molecule has 1 heterocycles. The smallest absolute Gasteiger partial charge is 0.0521 e. The lowest BCUT2D eigenvalue weighted by atomic mass is 10.2. The second-order valence-corrected chi connectivity index (χ2v) is 2.60. The van der Waals surface area contributed by atoms with Crippen LogP contribution in [0.2, 0.25) is 0 Å². The van der Waals surface area contributed by atoms with Gasteiger partial charge in [0.25, 0.3) is 0 Å². The molecule has 3 heteroatoms. The summed E-state index contributed by atoms with van der Waals surface area (Å²) in [5.74, 6) is 0. The van der Waals surface area contributed by atoms with Gasteiger partial charge < -0.3 is 5.73 Å². The lowest BCUT2D eigenvalue weighted by Gasteiger charge is -1.92. The quantitative estimate of drug-likeness (QED) is 0.695. The summed E-state index contributed by atoms with van der Waals surface area (Å²) in [6, 6.07) is 0. The first-order valence-electron chi connectivity index (χ1n) is 4.08. The first kappa shape index (κ1) is 8.27. The Kier molecular flexibility index (Phi) is 3.11. The molecule has 0 radical (unpaired) electrons. The van der Waals surface area contributed by atoms with Gasteiger partial charge in [0.15, 0.2) is 0 Å². The minimum absolute atomic E-state index is 0.761. The maximum absolute atomic E-state index is 5.39. The van der Waals surface area contributed by atoms with Gasteiger partial charge in [0, 0.05) is 12.7 Å². The summed E-state index contributed by atoms with van der Waals surface area (Å²) in [5, 5.41) is 4.16. The predicted octanol–water partition coefficient (Wildman–Crippen LogP) is 0.794. The number of aryl methyl sites for hydroxylation is 2. The molecule has 0 spiro atoms. The third-order valence-corrected chi connectivity index (χ3v) is 1.68. The molecular weight excluding hydrogens is 138 g/mol. The van der Waals surface area contributed by atoms with Crippen molar-refractivity contribution in [1.82, 2.24) is 9.78 Å². The van der Waals surface area contributed by atoms with Crippen LogP contribution in [0.25, 0.3) is 0 Å². The molecule has 0 aliphatic rings. The van der Waals surface area contributed by atoms with E-state index >= 15 is 0 Å². The third kappa shape index (κ3) is 2.35. The van der Waals surface area contributed by atoms with Gasteiger partial charge in [-0.3, -0.25) is 4.68 Å². The molecule has 0 atom stereocenters. The van der Waals surface area contributed by atoms with Gasteiger partial charge in [-0.25, -0.2) is 0 Å². The Hall–Kier alpha value is -0.830. The fourth-order valence-corrected chi connectivity index (χ4v) is 1.01. The molecule has 2 N–H and O–H groups in total. The molecule has 1 aromatic rings. The predicted molar refractivity (Wildman–Crippen MR) is 45.3 cm³/mol. The van der Waals surface area contributed by atoms with Crippen molar-refractivity contribution in [3.05, 3.63) is 18.0 Å². The minimum atomic E-state index is 0.761. The number of nitrogens with zero attached hydrogens (tertiary/aromatic N) is 2. The summed E-state index contributed by atoms with van der Waals surface area (Å²) in [4.78, 5) is 0. The topological polar surface area (TPSA) is 43.8 Å². The van der Waals surface area contributed by atoms with Crippen LogP contribution in [0.3, 0.4) is 0 Å². The van der Waals surface area contributed by atoms with Crippen molar-refractivity contribution in [2.45, 2.75) is 26.3 Å². The fraction of sp³-hybridized carbons (Fsp3) is 0.625. The summed E-state index contributed by atoms with van der Waals surface area (Å²) in [6.45, 7) is 3.79. The van der Waals surface area contributed by atoms with Crippen molar-refractivity contribution in [3.63, 3.8) is 0 Å². The Balaban J connectivity index is 2.44. The van der Waals surface area contributed by atoms with E-state index in [0.717, 1.165) is 25.9 Å². The average molecular weight is 153 g/mol. The summed E-state index contributed by atoms with van der Waals surface area (Å²) < 4.78 is 1.94. The molecule has 0 amide bonds. The van der Waals surface area contributed by atoms with E-state index in [9.17, 15) is 0 Å². The van der Waals surface area contributed by atoms with Crippen molar-refractivity contribution in [2.24, 2.45) is 5.73 Å². The third-order valence-electron chi connectivity index (χ3n) is 1.68. The van der Waals surface area contributed by atoms with E-state index in [-0.39, 0.29) is 0 Å². The number of aromatic nitrogens is 2. The molecular formula is C8H15N3. The molecule has 0 saturated carbocycles. The Morgan fingerprint density at radius 2 is 2.45 bits per heavy atom. The highest BCUT2D eigenvalue weighted by Gasteiger charge is 1.94. The Labute approximate surface area is 67.2 Å². The molecule has 1 rings (SSSR count). The van der Waals surface area contributed by atoms with Crippen LogP contribution >= 0.6 is 0 Å². The second kappa shape index (κ2) is 4.13. The maximum Gasteiger partial charge on any atom is 0.0521 e. The molecule has 0 aliphatic heterocycles. The maximum atomic E-state index is 5.39. The first-order valence-corrected chi connectivity index (χ1v) is 4.08. The van der Waals surface area contributed by atoms with Crippen LogP contribution in [0, 0.1) is 0 Å². The van der Waals surface area contributed by atoms with E-state index in [4.69, 9.17) is 5.73 Å². The van der Waals surface area contributed by atoms with Crippen molar-refractivity contribution >= 4 is 0 Å². The zero-order chi connectivity index (χ0) is 8.10. The van der Waals surface area contributed by atoms with Crippen LogP contribution in [0.4, 0.5) is 0 Å². The molecule has 0 aliphatic carbocycles. The molecule has 0 unspecified atom stereocenters. The molecule has 0 bridgehead atoms. The Morgan fingerprint density at radius 1 is 1.64 bits per heavy atom. The van der Waals surface area contributed by atoms with E-state index in [1.165, 1.54) is 5.56 Å². The highest BCUT2D eigenvalue weighted by atomic mass is 15.3. The summed E-state index contributed by atoms with van der Waals surface area (Å²) in [5.41, 5.74) is 6.68. The van der Waals surface area contributed by atoms with Crippen LogP contribution in [-0.4, -0.2) is 16.3 Å². The van der Waals surface area contributed by atoms with Crippen molar-refractivity contribution in [2.75, 3.05) is 6.54 Å². The van der Waals surface area contributed by atoms with E-state index in [1.807, 2.05) is 10.9 Å². The second-order valence-electron chi connectivity index (χ2n) is 2.60. The minimum Gasteiger partial charge on any atom is -0.330 e. The monoisotopic (exact) mass is 153 g/mol. The van der Waals surface area contributed by atoms with Gasteiger partial charge in [-0.05, 0) is 31.9 Å². The van der Waals surface area contributed by atoms with E-state index < -0.39 is 0 Å². The number of rotatable bonds is 4. The normalized spacial score (nSPS) is 10.4. The van der Waals surface area contributed by atoms with E-state index in [2.05, 4.69) is 18.2 Å². The van der Waals surface area contributed by atoms with Crippen LogP contribution < -0.4 is 5.73 Å². The zero-order valence-corrected chi connectivity index (χ0v) is 6.95. The lowest BCUT2D eigenvalue weighted by molar-refractivity contribution is 0.659. The van der Waals surface area contributed by atoms with Crippen molar-refractivity contribution in [3.8, 4) is 0 Å². The number of hydrogen-bond acceptors (Lipinski definition) is 2. The largest absolute Gasteiger partial charge is 0.330 e. The molecule has 62 valence electrons. The highest BCUT2D eigenvalue weighted by Crippen LogP contribution is 2.00. The standard InChI is InChI=1S/C8H15N3/c1-2-11-7-8(6-10-11)4-3-5-9/h6-7H,2-5,9H2,1H3. The first-order chi connectivity index (χ1) is 5.36. The Bertz CT molecular complexity index is 205. The lowest BCUT2D eigenvalue weighted by Crippen LogP contribution is -1.99. The van der Waals surface area contributed by atoms with E-state index in [1.54, 1.807) is 0 Å². The van der Waals surface area contributed by atoms with Crippen LogP contribution in [0.5, 0.6) is 0 Å². The van der Waals surface area contributed by atoms with Crippen LogP contribution in [0.15, 0.2) is 12.4 Å². The van der Waals surface area contributed by atoms with Crippen molar-refractivity contribution < 1.29 is 0 Å². The van der Waals surface area contributed by atoms with Gasteiger partial charge in [0.2, 0.25) is 0 Å². The SMILES string of the molecule is CCn1cc(CCCN)cn1. The molecule has 1 aromatic heterocycles. The molecule has 3 nitrogen and oxygen atoms in total. The summed E-state index contributed by atoms with van der Waals surface area (Å²) in [6.07, 6.45) is 6.10. The van der Waals surface area contributed by atoms with E-state index in [0.29, 0.717) is 0 Å². The van der Waals surface area contributed by atoms with Gasteiger partial charge in [0.05, 0.1) is 6.20 Å². The van der Waals surface area contributed by atoms with Gasteiger partial charge in [-0.1, -0.05) is 0 Å². The van der Waals surface area contributed by atoms with Gasteiger partial charge >= 0.3 is 0 Å². The van der Waals surface area contributed by atoms with Crippen LogP contribution in [0.1, 0.15) is 18.9 Å². The Morgan fingerprint density at radius 3 is 3.00 bits per heavy atom. The molecule has 0 saturated heterocycles. The van der Waals surface area contributed by atoms with Gasteiger partial charge in [0.1, 0.15) is 0 Å². The number of nitrogens with two attached hydrogens (primary N) is 1. The summed E-state index contributed by atoms with van der Waals surface area (Å²) in [7, 11) is 0. The van der Waals surface area contributed by atoms with Crippen molar-refractivity contribution in [1.29, 1.82) is 0 Å². The zero-order valence-electron chi connectivity index (χ0n) is 6.95. The molecule has 0 aromatic carbocycles. The van der Waals surface area contributed by atoms with Gasteiger partial charge in [-0.2, -0.15) is 5.10 Å². The summed E-state index contributed by atoms with van der Waals surface area (Å²) >= 11 is 0. The molecule has 0 fully saturated rings. The molecule has 11 heavy (non-hydrogen) atoms. The average Bonchev–Trinajstić information content (AvgIpc) is 2.48. The highest BCUT2D eigenvalue weighted by molar-refractivity contribution is 5.03. The van der Waals surface area contributed by atoms with Gasteiger partial charge in [-0.15, -0.1) is 0 Å². The number of hydrogen-bond donors (Lipinski definition) is 1. The fourth-order valence-electron chi connectivity index (χ4n) is 1.01.